The number of nitrogens with zero attached hydrogens (tertiary/aromatic N) is 4. The molecule has 1 aliphatic heterocycles. The van der Waals surface area contributed by atoms with Gasteiger partial charge in [-0.15, -0.1) is 0 Å². The quantitative estimate of drug-likeness (QED) is 0.718. The summed E-state index contributed by atoms with van der Waals surface area (Å²) in [5.74, 6) is 2.55. The molecule has 0 saturated carbocycles. The molecule has 0 aliphatic carbocycles. The molecule has 3 rings (SSSR count). The van der Waals surface area contributed by atoms with Crippen LogP contribution in [0.4, 0.5) is 0 Å². The Balaban J connectivity index is 1.33. The van der Waals surface area contributed by atoms with Crippen molar-refractivity contribution in [2.24, 2.45) is 11.8 Å². The fourth-order valence-corrected chi connectivity index (χ4v) is 3.78. The molecule has 1 aliphatic rings. The van der Waals surface area contributed by atoms with Gasteiger partial charge < -0.3 is 14.7 Å². The number of hydrogen-bond donors (Lipinski definition) is 1. The highest BCUT2D eigenvalue weighted by atomic mass is 16.5. The molecular formula is C20H29N5O2. The van der Waals surface area contributed by atoms with Crippen molar-refractivity contribution in [3.8, 4) is 11.4 Å². The van der Waals surface area contributed by atoms with Crippen molar-refractivity contribution in [3.63, 3.8) is 0 Å². The van der Waals surface area contributed by atoms with Crippen LogP contribution < -0.4 is 5.32 Å². The average Bonchev–Trinajstić information content (AvgIpc) is 3.13. The maximum absolute atomic E-state index is 12.0. The molecule has 0 radical (unpaired) electrons. The van der Waals surface area contributed by atoms with Crippen molar-refractivity contribution in [3.05, 3.63) is 30.4 Å². The molecule has 146 valence electrons. The zero-order chi connectivity index (χ0) is 19.1. The van der Waals surface area contributed by atoms with E-state index in [0.29, 0.717) is 31.1 Å². The predicted molar refractivity (Wildman–Crippen MR) is 103 cm³/mol. The van der Waals surface area contributed by atoms with Gasteiger partial charge in [0, 0.05) is 50.4 Å². The summed E-state index contributed by atoms with van der Waals surface area (Å²) in [7, 11) is 0. The lowest BCUT2D eigenvalue weighted by molar-refractivity contribution is -0.121. The minimum atomic E-state index is 0.0245. The van der Waals surface area contributed by atoms with Crippen LogP contribution in [0, 0.1) is 11.8 Å². The van der Waals surface area contributed by atoms with E-state index in [4.69, 9.17) is 4.52 Å². The summed E-state index contributed by atoms with van der Waals surface area (Å²) in [6.45, 7) is 8.75. The van der Waals surface area contributed by atoms with Crippen LogP contribution in [0.2, 0.25) is 0 Å². The first-order chi connectivity index (χ1) is 13.1. The number of carbonyl (C=O) groups is 1. The van der Waals surface area contributed by atoms with Gasteiger partial charge in [-0.2, -0.15) is 4.98 Å². The molecule has 3 heterocycles. The molecule has 2 unspecified atom stereocenters. The van der Waals surface area contributed by atoms with Gasteiger partial charge in [0.05, 0.1) is 0 Å². The van der Waals surface area contributed by atoms with Gasteiger partial charge >= 0.3 is 0 Å². The number of carbonyl (C=O) groups excluding carboxylic acids is 1. The van der Waals surface area contributed by atoms with Gasteiger partial charge in [-0.1, -0.05) is 19.0 Å². The highest BCUT2D eigenvalue weighted by Gasteiger charge is 2.21. The summed E-state index contributed by atoms with van der Waals surface area (Å²) in [5.41, 5.74) is 0.804. The van der Waals surface area contributed by atoms with Crippen molar-refractivity contribution in [2.45, 2.75) is 39.5 Å². The third-order valence-corrected chi connectivity index (χ3v) is 4.87. The average molecular weight is 371 g/mol. The molecule has 1 saturated heterocycles. The molecule has 2 atom stereocenters. The summed E-state index contributed by atoms with van der Waals surface area (Å²) >= 11 is 0. The molecule has 7 heteroatoms. The Kier molecular flexibility index (Phi) is 6.92. The Morgan fingerprint density at radius 3 is 2.89 bits per heavy atom. The number of amides is 1. The fourth-order valence-electron chi connectivity index (χ4n) is 3.78. The zero-order valence-electron chi connectivity index (χ0n) is 16.2. The summed E-state index contributed by atoms with van der Waals surface area (Å²) < 4.78 is 5.22. The topological polar surface area (TPSA) is 84.2 Å². The second-order valence-electron chi connectivity index (χ2n) is 7.66. The minimum Gasteiger partial charge on any atom is -0.356 e. The molecule has 27 heavy (non-hydrogen) atoms. The van der Waals surface area contributed by atoms with Crippen molar-refractivity contribution < 1.29 is 9.32 Å². The molecular weight excluding hydrogens is 342 g/mol. The highest BCUT2D eigenvalue weighted by Crippen LogP contribution is 2.20. The lowest BCUT2D eigenvalue weighted by Gasteiger charge is -2.34. The lowest BCUT2D eigenvalue weighted by Crippen LogP contribution is -2.40. The van der Waals surface area contributed by atoms with Crippen molar-refractivity contribution in [2.75, 3.05) is 26.2 Å². The summed E-state index contributed by atoms with van der Waals surface area (Å²) in [6.07, 6.45) is 6.49. The molecule has 7 nitrogen and oxygen atoms in total. The largest absolute Gasteiger partial charge is 0.356 e. The van der Waals surface area contributed by atoms with E-state index in [2.05, 4.69) is 39.2 Å². The molecule has 0 aromatic carbocycles. The Morgan fingerprint density at radius 1 is 1.33 bits per heavy atom. The van der Waals surface area contributed by atoms with Crippen molar-refractivity contribution in [1.82, 2.24) is 25.3 Å². The molecule has 0 bridgehead atoms. The van der Waals surface area contributed by atoms with Gasteiger partial charge in [-0.3, -0.25) is 9.78 Å². The molecule has 1 fully saturated rings. The summed E-state index contributed by atoms with van der Waals surface area (Å²) in [6, 6.07) is 3.70. The number of piperidine rings is 1. The van der Waals surface area contributed by atoms with Gasteiger partial charge in [-0.25, -0.2) is 0 Å². The first-order valence-corrected chi connectivity index (χ1v) is 9.82. The molecule has 2 aromatic rings. The van der Waals surface area contributed by atoms with Crippen molar-refractivity contribution in [1.29, 1.82) is 0 Å². The Morgan fingerprint density at radius 2 is 2.15 bits per heavy atom. The van der Waals surface area contributed by atoms with Crippen LogP contribution in [0.25, 0.3) is 11.4 Å². The number of nitrogens with one attached hydrogen (secondary N) is 1. The number of pyridine rings is 1. The van der Waals surface area contributed by atoms with E-state index in [1.807, 2.05) is 12.1 Å². The number of likely N-dealkylation sites (tertiary alicyclic amines) is 1. The lowest BCUT2D eigenvalue weighted by atomic mass is 9.92. The van der Waals surface area contributed by atoms with Gasteiger partial charge in [0.1, 0.15) is 0 Å². The van der Waals surface area contributed by atoms with Gasteiger partial charge in [0.2, 0.25) is 17.6 Å². The SMILES string of the molecule is CC1CC(C)CN(CCCNC(=O)CCc2nc(-c3cccnc3)no2)C1. The van der Waals surface area contributed by atoms with Crippen LogP contribution in [-0.4, -0.2) is 52.1 Å². The smallest absolute Gasteiger partial charge is 0.227 e. The summed E-state index contributed by atoms with van der Waals surface area (Å²) in [5, 5.41) is 6.93. The van der Waals surface area contributed by atoms with E-state index in [0.717, 1.165) is 30.4 Å². The van der Waals surface area contributed by atoms with Crippen LogP contribution >= 0.6 is 0 Å². The van der Waals surface area contributed by atoms with Crippen LogP contribution in [-0.2, 0) is 11.2 Å². The van der Waals surface area contributed by atoms with Crippen LogP contribution in [0.3, 0.4) is 0 Å². The minimum absolute atomic E-state index is 0.0245. The van der Waals surface area contributed by atoms with Crippen LogP contribution in [0.5, 0.6) is 0 Å². The zero-order valence-corrected chi connectivity index (χ0v) is 16.2. The van der Waals surface area contributed by atoms with Crippen LogP contribution in [0.15, 0.2) is 29.0 Å². The molecule has 1 amide bonds. The first-order valence-electron chi connectivity index (χ1n) is 9.82. The Bertz CT molecular complexity index is 708. The van der Waals surface area contributed by atoms with Gasteiger partial charge in [0.15, 0.2) is 0 Å². The standard InChI is InChI=1S/C20H29N5O2/c1-15-11-16(2)14-25(13-15)10-4-9-22-18(26)6-7-19-23-20(24-27-19)17-5-3-8-21-12-17/h3,5,8,12,15-16H,4,6-7,9-11,13-14H2,1-2H3,(H,22,26). The number of aryl methyl sites for hydroxylation is 1. The maximum Gasteiger partial charge on any atom is 0.227 e. The summed E-state index contributed by atoms with van der Waals surface area (Å²) in [4.78, 5) is 22.9. The van der Waals surface area contributed by atoms with Gasteiger partial charge in [0.25, 0.3) is 0 Å². The van der Waals surface area contributed by atoms with E-state index in [1.54, 1.807) is 12.4 Å². The third kappa shape index (κ3) is 6.13. The number of rotatable bonds is 8. The second-order valence-corrected chi connectivity index (χ2v) is 7.66. The van der Waals surface area contributed by atoms with Gasteiger partial charge in [-0.05, 0) is 43.4 Å². The van der Waals surface area contributed by atoms with E-state index in [1.165, 1.54) is 19.5 Å². The van der Waals surface area contributed by atoms with E-state index >= 15 is 0 Å². The Hall–Kier alpha value is -2.28. The van der Waals surface area contributed by atoms with Crippen LogP contribution in [0.1, 0.15) is 39.0 Å². The predicted octanol–water partition coefficient (Wildman–Crippen LogP) is 2.55. The molecule has 0 spiro atoms. The normalized spacial score (nSPS) is 20.5. The monoisotopic (exact) mass is 371 g/mol. The van der Waals surface area contributed by atoms with E-state index < -0.39 is 0 Å². The fraction of sp³-hybridized carbons (Fsp3) is 0.600. The third-order valence-electron chi connectivity index (χ3n) is 4.87. The first kappa shape index (κ1) is 19.5. The van der Waals surface area contributed by atoms with E-state index in [9.17, 15) is 4.79 Å². The Labute approximate surface area is 160 Å². The highest BCUT2D eigenvalue weighted by molar-refractivity contribution is 5.75. The molecule has 1 N–H and O–H groups in total. The van der Waals surface area contributed by atoms with E-state index in [-0.39, 0.29) is 5.91 Å². The second kappa shape index (κ2) is 9.60. The molecule has 2 aromatic heterocycles. The maximum atomic E-state index is 12.0. The number of aromatic nitrogens is 3. The number of hydrogen-bond acceptors (Lipinski definition) is 6. The van der Waals surface area contributed by atoms with Crippen molar-refractivity contribution >= 4 is 5.91 Å².